The van der Waals surface area contributed by atoms with Crippen LogP contribution in [0.2, 0.25) is 0 Å². The maximum atomic E-state index is 12.8. The van der Waals surface area contributed by atoms with Gasteiger partial charge in [-0.15, -0.1) is 0 Å². The van der Waals surface area contributed by atoms with E-state index in [1.54, 1.807) is 6.92 Å². The van der Waals surface area contributed by atoms with E-state index >= 15 is 0 Å². The summed E-state index contributed by atoms with van der Waals surface area (Å²) in [5, 5.41) is 2.79. The van der Waals surface area contributed by atoms with Gasteiger partial charge >= 0.3 is 5.97 Å². The van der Waals surface area contributed by atoms with Crippen molar-refractivity contribution in [1.82, 2.24) is 9.62 Å². The molecule has 2 unspecified atom stereocenters. The molecule has 8 heteroatoms. The van der Waals surface area contributed by atoms with E-state index < -0.39 is 28.0 Å². The summed E-state index contributed by atoms with van der Waals surface area (Å²) >= 11 is 0. The summed E-state index contributed by atoms with van der Waals surface area (Å²) in [6.45, 7) is 4.37. The number of ether oxygens (including phenoxy) is 1. The molecule has 1 heterocycles. The van der Waals surface area contributed by atoms with Crippen LogP contribution in [0.3, 0.4) is 0 Å². The van der Waals surface area contributed by atoms with E-state index in [1.165, 1.54) is 4.31 Å². The molecule has 0 radical (unpaired) electrons. The molecule has 0 bridgehead atoms. The summed E-state index contributed by atoms with van der Waals surface area (Å²) in [6, 6.07) is 8.61. The number of rotatable bonds is 9. The minimum Gasteiger partial charge on any atom is -0.464 e. The van der Waals surface area contributed by atoms with Gasteiger partial charge in [-0.25, -0.2) is 17.5 Å². The monoisotopic (exact) mass is 410 g/mol. The van der Waals surface area contributed by atoms with Crippen LogP contribution in [0.4, 0.5) is 0 Å². The average Bonchev–Trinajstić information content (AvgIpc) is 2.68. The van der Waals surface area contributed by atoms with Crippen LogP contribution >= 0.6 is 0 Å². The van der Waals surface area contributed by atoms with E-state index in [0.717, 1.165) is 5.56 Å². The fraction of sp³-hybridized carbons (Fsp3) is 0.600. The number of esters is 1. The Labute approximate surface area is 167 Å². The molecule has 156 valence electrons. The van der Waals surface area contributed by atoms with Crippen molar-refractivity contribution in [3.8, 4) is 0 Å². The first-order chi connectivity index (χ1) is 13.4. The molecule has 1 amide bonds. The maximum Gasteiger partial charge on any atom is 0.328 e. The van der Waals surface area contributed by atoms with Crippen molar-refractivity contribution in [2.24, 2.45) is 5.92 Å². The molecule has 1 aromatic rings. The fourth-order valence-electron chi connectivity index (χ4n) is 3.37. The van der Waals surface area contributed by atoms with Crippen LogP contribution in [0.5, 0.6) is 0 Å². The molecule has 1 N–H and O–H groups in total. The molecule has 2 rings (SSSR count). The zero-order chi connectivity index (χ0) is 20.6. The number of carbonyl (C=O) groups is 2. The second-order valence-corrected chi connectivity index (χ2v) is 9.10. The smallest absolute Gasteiger partial charge is 0.328 e. The van der Waals surface area contributed by atoms with Crippen molar-refractivity contribution in [2.75, 3.05) is 25.4 Å². The molecular formula is C20H30N2O5S. The summed E-state index contributed by atoms with van der Waals surface area (Å²) in [4.78, 5) is 25.1. The third-order valence-electron chi connectivity index (χ3n) is 4.78. The number of nitrogens with one attached hydrogen (secondary N) is 1. The van der Waals surface area contributed by atoms with E-state index in [1.807, 2.05) is 37.3 Å². The van der Waals surface area contributed by atoms with Gasteiger partial charge in [0, 0.05) is 19.5 Å². The van der Waals surface area contributed by atoms with Gasteiger partial charge in [-0.3, -0.25) is 4.79 Å². The molecule has 7 nitrogen and oxygen atoms in total. The molecule has 0 saturated carbocycles. The highest BCUT2D eigenvalue weighted by molar-refractivity contribution is 7.89. The molecule has 0 aromatic heterocycles. The standard InChI is InChI=1S/C20H30N2O5S/c1-3-13-28(25,26)22-12-8-11-17(15-22)19(23)21-18(20(24)27-4-2)14-16-9-6-5-7-10-16/h5-7,9-10,17-18H,3-4,8,11-15H2,1-2H3,(H,21,23). The van der Waals surface area contributed by atoms with Crippen molar-refractivity contribution in [1.29, 1.82) is 0 Å². The van der Waals surface area contributed by atoms with Crippen LogP contribution in [0.25, 0.3) is 0 Å². The Morgan fingerprint density at radius 3 is 2.61 bits per heavy atom. The number of carbonyl (C=O) groups excluding carboxylic acids is 2. The number of nitrogens with zero attached hydrogens (tertiary/aromatic N) is 1. The molecule has 2 atom stereocenters. The second-order valence-electron chi connectivity index (χ2n) is 7.02. The lowest BCUT2D eigenvalue weighted by atomic mass is 9.97. The van der Waals surface area contributed by atoms with Crippen molar-refractivity contribution < 1.29 is 22.7 Å². The first-order valence-electron chi connectivity index (χ1n) is 9.86. The summed E-state index contributed by atoms with van der Waals surface area (Å²) < 4.78 is 31.2. The largest absolute Gasteiger partial charge is 0.464 e. The lowest BCUT2D eigenvalue weighted by Gasteiger charge is -2.32. The van der Waals surface area contributed by atoms with Gasteiger partial charge in [0.1, 0.15) is 6.04 Å². The number of piperidine rings is 1. The number of hydrogen-bond donors (Lipinski definition) is 1. The molecule has 1 fully saturated rings. The average molecular weight is 411 g/mol. The number of amides is 1. The van der Waals surface area contributed by atoms with E-state index in [2.05, 4.69) is 5.32 Å². The zero-order valence-corrected chi connectivity index (χ0v) is 17.4. The van der Waals surface area contributed by atoms with Gasteiger partial charge in [0.2, 0.25) is 15.9 Å². The van der Waals surface area contributed by atoms with Gasteiger partial charge in [-0.05, 0) is 31.7 Å². The second kappa shape index (κ2) is 10.6. The Hall–Kier alpha value is -1.93. The van der Waals surface area contributed by atoms with Crippen LogP contribution < -0.4 is 5.32 Å². The number of benzene rings is 1. The van der Waals surface area contributed by atoms with Crippen LogP contribution in [-0.4, -0.2) is 56.1 Å². The van der Waals surface area contributed by atoms with Gasteiger partial charge < -0.3 is 10.1 Å². The first-order valence-corrected chi connectivity index (χ1v) is 11.5. The lowest BCUT2D eigenvalue weighted by Crippen LogP contribution is -2.50. The molecule has 28 heavy (non-hydrogen) atoms. The SMILES string of the molecule is CCCS(=O)(=O)N1CCCC(C(=O)NC(Cc2ccccc2)C(=O)OCC)C1. The Bertz CT molecular complexity index is 751. The Kier molecular flexibility index (Phi) is 8.44. The number of hydrogen-bond acceptors (Lipinski definition) is 5. The summed E-state index contributed by atoms with van der Waals surface area (Å²) in [7, 11) is -3.34. The first kappa shape index (κ1) is 22.4. The molecular weight excluding hydrogens is 380 g/mol. The number of sulfonamides is 1. The Morgan fingerprint density at radius 1 is 1.25 bits per heavy atom. The van der Waals surface area contributed by atoms with Gasteiger partial charge in [0.15, 0.2) is 0 Å². The normalized spacial score (nSPS) is 19.0. The predicted molar refractivity (Wildman–Crippen MR) is 107 cm³/mol. The third kappa shape index (κ3) is 6.31. The van der Waals surface area contributed by atoms with Crippen molar-refractivity contribution in [3.05, 3.63) is 35.9 Å². The molecule has 0 spiro atoms. The summed E-state index contributed by atoms with van der Waals surface area (Å²) in [6.07, 6.45) is 2.10. The van der Waals surface area contributed by atoms with Crippen LogP contribution in [-0.2, 0) is 30.8 Å². The molecule has 1 saturated heterocycles. The summed E-state index contributed by atoms with van der Waals surface area (Å²) in [5.74, 6) is -1.16. The van der Waals surface area contributed by atoms with E-state index in [0.29, 0.717) is 32.2 Å². The lowest BCUT2D eigenvalue weighted by molar-refractivity contribution is -0.148. The molecule has 1 aliphatic rings. The third-order valence-corrected chi connectivity index (χ3v) is 6.82. The van der Waals surface area contributed by atoms with Crippen molar-refractivity contribution in [2.45, 2.75) is 45.6 Å². The molecule has 1 aromatic carbocycles. The Balaban J connectivity index is 2.06. The van der Waals surface area contributed by atoms with Crippen LogP contribution in [0.15, 0.2) is 30.3 Å². The minimum absolute atomic E-state index is 0.0841. The minimum atomic E-state index is -3.34. The highest BCUT2D eigenvalue weighted by atomic mass is 32.2. The summed E-state index contributed by atoms with van der Waals surface area (Å²) in [5.41, 5.74) is 0.914. The van der Waals surface area contributed by atoms with Gasteiger partial charge in [0.25, 0.3) is 0 Å². The van der Waals surface area contributed by atoms with E-state index in [9.17, 15) is 18.0 Å². The molecule has 1 aliphatic heterocycles. The van der Waals surface area contributed by atoms with Crippen LogP contribution in [0, 0.1) is 5.92 Å². The predicted octanol–water partition coefficient (Wildman–Crippen LogP) is 1.73. The van der Waals surface area contributed by atoms with Gasteiger partial charge in [0.05, 0.1) is 18.3 Å². The fourth-order valence-corrected chi connectivity index (χ4v) is 4.96. The zero-order valence-electron chi connectivity index (χ0n) is 16.6. The highest BCUT2D eigenvalue weighted by Gasteiger charge is 2.33. The van der Waals surface area contributed by atoms with Crippen molar-refractivity contribution >= 4 is 21.9 Å². The quantitative estimate of drug-likeness (QED) is 0.626. The van der Waals surface area contributed by atoms with Crippen LogP contribution in [0.1, 0.15) is 38.7 Å². The maximum absolute atomic E-state index is 12.8. The van der Waals surface area contributed by atoms with E-state index in [-0.39, 0.29) is 24.8 Å². The van der Waals surface area contributed by atoms with Crippen molar-refractivity contribution in [3.63, 3.8) is 0 Å². The highest BCUT2D eigenvalue weighted by Crippen LogP contribution is 2.20. The topological polar surface area (TPSA) is 92.8 Å². The van der Waals surface area contributed by atoms with Gasteiger partial charge in [-0.2, -0.15) is 0 Å². The van der Waals surface area contributed by atoms with E-state index in [4.69, 9.17) is 4.74 Å². The Morgan fingerprint density at radius 2 is 1.96 bits per heavy atom. The molecule has 0 aliphatic carbocycles. The van der Waals surface area contributed by atoms with Gasteiger partial charge in [-0.1, -0.05) is 37.3 Å².